The molecule has 1 aliphatic heterocycles. The average Bonchev–Trinajstić information content (AvgIpc) is 2.48. The Bertz CT molecular complexity index is 438. The van der Waals surface area contributed by atoms with Crippen LogP contribution in [0.2, 0.25) is 0 Å². The number of hydrogen-bond donors (Lipinski definition) is 1. The minimum Gasteiger partial charge on any atom is -0.371 e. The topological polar surface area (TPSA) is 21.3 Å². The zero-order valence-corrected chi connectivity index (χ0v) is 12.8. The maximum Gasteiger partial charge on any atom is 0.0952 e. The Balaban J connectivity index is 1.79. The number of morpholine rings is 1. The number of ether oxygens (including phenoxy) is 1. The third kappa shape index (κ3) is 3.07. The van der Waals surface area contributed by atoms with E-state index in [0.29, 0.717) is 5.41 Å². The lowest BCUT2D eigenvalue weighted by molar-refractivity contribution is 0.0267. The lowest BCUT2D eigenvalue weighted by Crippen LogP contribution is -2.34. The van der Waals surface area contributed by atoms with Crippen molar-refractivity contribution in [3.63, 3.8) is 0 Å². The zero-order chi connectivity index (χ0) is 14.0. The second-order valence-corrected chi connectivity index (χ2v) is 7.13. The van der Waals surface area contributed by atoms with Crippen LogP contribution in [0, 0.1) is 5.41 Å². The largest absolute Gasteiger partial charge is 0.371 e. The fourth-order valence-corrected chi connectivity index (χ4v) is 3.65. The summed E-state index contributed by atoms with van der Waals surface area (Å²) in [5.41, 5.74) is 3.50. The monoisotopic (exact) mass is 273 g/mol. The van der Waals surface area contributed by atoms with Gasteiger partial charge >= 0.3 is 0 Å². The highest BCUT2D eigenvalue weighted by atomic mass is 16.5. The van der Waals surface area contributed by atoms with Crippen LogP contribution in [0.4, 0.5) is 0 Å². The SMILES string of the molecule is CC1(C)CCC(c2ccccc2C2CNCCO2)CC1. The van der Waals surface area contributed by atoms with Crippen molar-refractivity contribution in [3.8, 4) is 0 Å². The van der Waals surface area contributed by atoms with Crippen molar-refractivity contribution in [1.29, 1.82) is 0 Å². The van der Waals surface area contributed by atoms with Crippen LogP contribution >= 0.6 is 0 Å². The van der Waals surface area contributed by atoms with Gasteiger partial charge in [0, 0.05) is 13.1 Å². The summed E-state index contributed by atoms with van der Waals surface area (Å²) in [5.74, 6) is 0.727. The van der Waals surface area contributed by atoms with Crippen molar-refractivity contribution in [2.24, 2.45) is 5.41 Å². The fourth-order valence-electron chi connectivity index (χ4n) is 3.65. The molecule has 0 radical (unpaired) electrons. The summed E-state index contributed by atoms with van der Waals surface area (Å²) in [4.78, 5) is 0. The molecule has 20 heavy (non-hydrogen) atoms. The van der Waals surface area contributed by atoms with E-state index in [1.807, 2.05) is 0 Å². The molecule has 2 heteroatoms. The van der Waals surface area contributed by atoms with Gasteiger partial charge in [-0.3, -0.25) is 0 Å². The lowest BCUT2D eigenvalue weighted by atomic mass is 9.70. The van der Waals surface area contributed by atoms with Crippen LogP contribution in [0.25, 0.3) is 0 Å². The molecule has 0 amide bonds. The van der Waals surface area contributed by atoms with E-state index in [2.05, 4.69) is 43.4 Å². The predicted molar refractivity (Wildman–Crippen MR) is 83.0 cm³/mol. The molecule has 1 aliphatic carbocycles. The van der Waals surface area contributed by atoms with Gasteiger partial charge in [-0.05, 0) is 48.1 Å². The minimum absolute atomic E-state index is 0.245. The fraction of sp³-hybridized carbons (Fsp3) is 0.667. The highest BCUT2D eigenvalue weighted by Crippen LogP contribution is 2.44. The first-order chi connectivity index (χ1) is 9.66. The average molecular weight is 273 g/mol. The van der Waals surface area contributed by atoms with Gasteiger partial charge in [-0.2, -0.15) is 0 Å². The molecule has 0 bridgehead atoms. The van der Waals surface area contributed by atoms with Crippen LogP contribution in [0.3, 0.4) is 0 Å². The Morgan fingerprint density at radius 1 is 1.10 bits per heavy atom. The molecule has 1 aromatic rings. The molecule has 1 N–H and O–H groups in total. The number of rotatable bonds is 2. The summed E-state index contributed by atoms with van der Waals surface area (Å²) in [5, 5.41) is 3.45. The number of hydrogen-bond acceptors (Lipinski definition) is 2. The van der Waals surface area contributed by atoms with Crippen molar-refractivity contribution in [2.75, 3.05) is 19.7 Å². The van der Waals surface area contributed by atoms with E-state index in [1.165, 1.54) is 36.8 Å². The number of benzene rings is 1. The van der Waals surface area contributed by atoms with Crippen molar-refractivity contribution in [3.05, 3.63) is 35.4 Å². The molecular formula is C18H27NO. The van der Waals surface area contributed by atoms with Crippen LogP contribution in [-0.2, 0) is 4.74 Å². The summed E-state index contributed by atoms with van der Waals surface area (Å²) in [6.07, 6.45) is 5.58. The molecule has 1 heterocycles. The molecule has 2 nitrogen and oxygen atoms in total. The van der Waals surface area contributed by atoms with Gasteiger partial charge in [-0.15, -0.1) is 0 Å². The summed E-state index contributed by atoms with van der Waals surface area (Å²) in [6, 6.07) is 8.95. The van der Waals surface area contributed by atoms with E-state index < -0.39 is 0 Å². The second-order valence-electron chi connectivity index (χ2n) is 7.13. The zero-order valence-electron chi connectivity index (χ0n) is 12.8. The number of nitrogens with one attached hydrogen (secondary N) is 1. The van der Waals surface area contributed by atoms with Gasteiger partial charge in [-0.1, -0.05) is 38.1 Å². The highest BCUT2D eigenvalue weighted by molar-refractivity contribution is 5.33. The molecule has 2 fully saturated rings. The van der Waals surface area contributed by atoms with Gasteiger partial charge in [-0.25, -0.2) is 0 Å². The van der Waals surface area contributed by atoms with Gasteiger partial charge in [0.25, 0.3) is 0 Å². The minimum atomic E-state index is 0.245. The third-order valence-corrected chi connectivity index (χ3v) is 5.05. The smallest absolute Gasteiger partial charge is 0.0952 e. The Morgan fingerprint density at radius 2 is 1.80 bits per heavy atom. The first-order valence-corrected chi connectivity index (χ1v) is 8.07. The molecule has 0 spiro atoms. The first-order valence-electron chi connectivity index (χ1n) is 8.07. The Hall–Kier alpha value is -0.860. The summed E-state index contributed by atoms with van der Waals surface area (Å²) >= 11 is 0. The van der Waals surface area contributed by atoms with Crippen molar-refractivity contribution < 1.29 is 4.74 Å². The maximum atomic E-state index is 5.97. The van der Waals surface area contributed by atoms with E-state index in [9.17, 15) is 0 Å². The first kappa shape index (κ1) is 14.1. The van der Waals surface area contributed by atoms with Gasteiger partial charge in [0.2, 0.25) is 0 Å². The van der Waals surface area contributed by atoms with Gasteiger partial charge in [0.1, 0.15) is 0 Å². The Kier molecular flexibility index (Phi) is 4.13. The van der Waals surface area contributed by atoms with Crippen molar-refractivity contribution in [2.45, 2.75) is 51.6 Å². The molecule has 2 aliphatic rings. The van der Waals surface area contributed by atoms with Crippen LogP contribution in [0.1, 0.15) is 62.7 Å². The normalized spacial score (nSPS) is 27.4. The quantitative estimate of drug-likeness (QED) is 0.878. The molecule has 110 valence electrons. The van der Waals surface area contributed by atoms with E-state index in [1.54, 1.807) is 0 Å². The molecule has 1 aromatic carbocycles. The standard InChI is InChI=1S/C18H27NO/c1-18(2)9-7-14(8-10-18)15-5-3-4-6-16(15)17-13-19-11-12-20-17/h3-6,14,17,19H,7-13H2,1-2H3. The van der Waals surface area contributed by atoms with Crippen LogP contribution in [0.15, 0.2) is 24.3 Å². The molecule has 1 atom stereocenters. The highest BCUT2D eigenvalue weighted by Gasteiger charge is 2.30. The van der Waals surface area contributed by atoms with Crippen molar-refractivity contribution >= 4 is 0 Å². The predicted octanol–water partition coefficient (Wildman–Crippen LogP) is 4.03. The van der Waals surface area contributed by atoms with Crippen LogP contribution in [-0.4, -0.2) is 19.7 Å². The van der Waals surface area contributed by atoms with Crippen LogP contribution in [0.5, 0.6) is 0 Å². The van der Waals surface area contributed by atoms with Crippen LogP contribution < -0.4 is 5.32 Å². The lowest BCUT2D eigenvalue weighted by Gasteiger charge is -2.36. The van der Waals surface area contributed by atoms with Gasteiger partial charge in [0.15, 0.2) is 0 Å². The third-order valence-electron chi connectivity index (χ3n) is 5.05. The molecule has 0 aromatic heterocycles. The summed E-state index contributed by atoms with van der Waals surface area (Å²) < 4.78 is 5.97. The van der Waals surface area contributed by atoms with Gasteiger partial charge in [0.05, 0.1) is 12.7 Å². The summed E-state index contributed by atoms with van der Waals surface area (Å²) in [7, 11) is 0. The van der Waals surface area contributed by atoms with E-state index in [4.69, 9.17) is 4.74 Å². The Labute approximate surface area is 122 Å². The van der Waals surface area contributed by atoms with E-state index in [-0.39, 0.29) is 6.10 Å². The molecular weight excluding hydrogens is 246 g/mol. The van der Waals surface area contributed by atoms with E-state index in [0.717, 1.165) is 25.6 Å². The summed E-state index contributed by atoms with van der Waals surface area (Å²) in [6.45, 7) is 7.58. The molecule has 1 saturated carbocycles. The molecule has 1 saturated heterocycles. The van der Waals surface area contributed by atoms with Crippen molar-refractivity contribution in [1.82, 2.24) is 5.32 Å². The Morgan fingerprint density at radius 3 is 2.45 bits per heavy atom. The molecule has 1 unspecified atom stereocenters. The maximum absolute atomic E-state index is 5.97. The van der Waals surface area contributed by atoms with Gasteiger partial charge < -0.3 is 10.1 Å². The van der Waals surface area contributed by atoms with E-state index >= 15 is 0 Å². The molecule has 3 rings (SSSR count). The second kappa shape index (κ2) is 5.87.